The molecule has 2 amide bonds. The number of aliphatic carboxylic acids is 1. The number of carboxylic acid groups (broad SMARTS) is 1. The third kappa shape index (κ3) is 2.79. The molecule has 2 aliphatic rings. The first kappa shape index (κ1) is 18.2. The van der Waals surface area contributed by atoms with Crippen molar-refractivity contribution in [3.63, 3.8) is 0 Å². The monoisotopic (exact) mass is 361 g/mol. The molecule has 1 aromatic rings. The van der Waals surface area contributed by atoms with Crippen molar-refractivity contribution in [2.24, 2.45) is 5.92 Å². The molecule has 26 heavy (non-hydrogen) atoms. The van der Waals surface area contributed by atoms with Gasteiger partial charge in [0.1, 0.15) is 0 Å². The minimum Gasteiger partial charge on any atom is -0.481 e. The fourth-order valence-electron chi connectivity index (χ4n) is 4.17. The van der Waals surface area contributed by atoms with Crippen molar-refractivity contribution in [1.82, 2.24) is 14.4 Å². The highest BCUT2D eigenvalue weighted by Crippen LogP contribution is 2.42. The Morgan fingerprint density at radius 2 is 1.92 bits per heavy atom. The molecule has 140 valence electrons. The van der Waals surface area contributed by atoms with Gasteiger partial charge in [0.15, 0.2) is 0 Å². The molecule has 0 saturated carbocycles. The Morgan fingerprint density at radius 3 is 2.46 bits per heavy atom. The van der Waals surface area contributed by atoms with Crippen LogP contribution in [0.15, 0.2) is 23.1 Å². The van der Waals surface area contributed by atoms with Crippen molar-refractivity contribution in [1.29, 1.82) is 0 Å². The third-order valence-corrected chi connectivity index (χ3v) is 5.87. The van der Waals surface area contributed by atoms with Gasteiger partial charge in [-0.3, -0.25) is 19.2 Å². The van der Waals surface area contributed by atoms with Gasteiger partial charge in [-0.2, -0.15) is 0 Å². The molecule has 1 N–H and O–H groups in total. The zero-order valence-electron chi connectivity index (χ0n) is 15.0. The summed E-state index contributed by atoms with van der Waals surface area (Å²) in [5, 5.41) is 9.50. The fourth-order valence-corrected chi connectivity index (χ4v) is 4.17. The van der Waals surface area contributed by atoms with Crippen LogP contribution in [0.5, 0.6) is 0 Å². The second-order valence-corrected chi connectivity index (χ2v) is 6.98. The maximum absolute atomic E-state index is 12.7. The van der Waals surface area contributed by atoms with Crippen molar-refractivity contribution >= 4 is 17.8 Å². The predicted octanol–water partition coefficient (Wildman–Crippen LogP) is 0.406. The van der Waals surface area contributed by atoms with E-state index in [2.05, 4.69) is 0 Å². The second kappa shape index (κ2) is 6.59. The Kier molecular flexibility index (Phi) is 4.60. The number of piperidine rings is 1. The van der Waals surface area contributed by atoms with Crippen molar-refractivity contribution in [2.45, 2.75) is 38.3 Å². The molecule has 8 heteroatoms. The van der Waals surface area contributed by atoms with Crippen LogP contribution >= 0.6 is 0 Å². The number of hydrogen-bond acceptors (Lipinski definition) is 4. The summed E-state index contributed by atoms with van der Waals surface area (Å²) >= 11 is 0. The largest absolute Gasteiger partial charge is 0.481 e. The van der Waals surface area contributed by atoms with E-state index in [4.69, 9.17) is 0 Å². The summed E-state index contributed by atoms with van der Waals surface area (Å²) in [4.78, 5) is 51.5. The Hall–Kier alpha value is -2.64. The van der Waals surface area contributed by atoms with Crippen molar-refractivity contribution in [2.75, 3.05) is 20.1 Å². The summed E-state index contributed by atoms with van der Waals surface area (Å²) in [5.41, 5.74) is -0.620. The molecule has 2 aliphatic heterocycles. The van der Waals surface area contributed by atoms with Gasteiger partial charge in [-0.15, -0.1) is 0 Å². The average Bonchev–Trinajstić information content (AvgIpc) is 2.87. The van der Waals surface area contributed by atoms with Gasteiger partial charge in [0.05, 0.1) is 11.5 Å². The summed E-state index contributed by atoms with van der Waals surface area (Å²) in [6.07, 6.45) is 2.45. The highest BCUT2D eigenvalue weighted by atomic mass is 16.4. The standard InChI is InChI=1S/C18H23N3O5/c1-3-20-7-4-12(10-15(20)23)16(24)21-8-5-18(6-9-21)13(17(25)26)11-14(22)19(18)2/h4,7,10,13H,3,5-6,8-9,11H2,1-2H3,(H,25,26). The number of likely N-dealkylation sites (tertiary alicyclic amines) is 2. The Morgan fingerprint density at radius 1 is 1.27 bits per heavy atom. The molecule has 0 bridgehead atoms. The van der Waals surface area contributed by atoms with E-state index in [0.717, 1.165) is 0 Å². The van der Waals surface area contributed by atoms with E-state index in [0.29, 0.717) is 38.0 Å². The molecule has 3 heterocycles. The number of nitrogens with zero attached hydrogens (tertiary/aromatic N) is 3. The van der Waals surface area contributed by atoms with E-state index in [-0.39, 0.29) is 23.8 Å². The van der Waals surface area contributed by atoms with Crippen LogP contribution in [0.1, 0.15) is 36.5 Å². The molecule has 0 radical (unpaired) electrons. The molecule has 0 aliphatic carbocycles. The second-order valence-electron chi connectivity index (χ2n) is 6.98. The number of rotatable bonds is 3. The Bertz CT molecular complexity index is 807. The Labute approximate surface area is 151 Å². The first-order valence-electron chi connectivity index (χ1n) is 8.79. The lowest BCUT2D eigenvalue weighted by atomic mass is 9.77. The normalized spacial score (nSPS) is 22.1. The lowest BCUT2D eigenvalue weighted by Crippen LogP contribution is -2.57. The van der Waals surface area contributed by atoms with Crippen molar-refractivity contribution in [3.8, 4) is 0 Å². The average molecular weight is 361 g/mol. The van der Waals surface area contributed by atoms with Crippen LogP contribution in [0.3, 0.4) is 0 Å². The predicted molar refractivity (Wildman–Crippen MR) is 92.8 cm³/mol. The molecule has 1 aromatic heterocycles. The van der Waals surface area contributed by atoms with E-state index in [1.165, 1.54) is 10.6 Å². The van der Waals surface area contributed by atoms with Crippen molar-refractivity contribution in [3.05, 3.63) is 34.2 Å². The van der Waals surface area contributed by atoms with Crippen molar-refractivity contribution < 1.29 is 19.5 Å². The zero-order valence-corrected chi connectivity index (χ0v) is 15.0. The molecule has 1 spiro atoms. The third-order valence-electron chi connectivity index (χ3n) is 5.87. The molecular weight excluding hydrogens is 338 g/mol. The fraction of sp³-hybridized carbons (Fsp3) is 0.556. The lowest BCUT2D eigenvalue weighted by Gasteiger charge is -2.45. The smallest absolute Gasteiger partial charge is 0.309 e. The van der Waals surface area contributed by atoms with Crippen LogP contribution in [0.25, 0.3) is 0 Å². The van der Waals surface area contributed by atoms with Gasteiger partial charge in [0, 0.05) is 50.9 Å². The van der Waals surface area contributed by atoms with Crippen LogP contribution in [0.4, 0.5) is 0 Å². The minimum atomic E-state index is -0.967. The summed E-state index contributed by atoms with van der Waals surface area (Å²) in [6, 6.07) is 2.96. The van der Waals surface area contributed by atoms with Gasteiger partial charge < -0.3 is 19.5 Å². The van der Waals surface area contributed by atoms with Gasteiger partial charge in [-0.25, -0.2) is 0 Å². The topological polar surface area (TPSA) is 99.9 Å². The summed E-state index contributed by atoms with van der Waals surface area (Å²) in [5.74, 6) is -2.12. The quantitative estimate of drug-likeness (QED) is 0.840. The van der Waals surface area contributed by atoms with Crippen LogP contribution in [0.2, 0.25) is 0 Å². The summed E-state index contributed by atoms with van der Waals surface area (Å²) < 4.78 is 1.51. The van der Waals surface area contributed by atoms with Gasteiger partial charge >= 0.3 is 5.97 Å². The van der Waals surface area contributed by atoms with Gasteiger partial charge in [-0.05, 0) is 25.8 Å². The maximum Gasteiger partial charge on any atom is 0.309 e. The van der Waals surface area contributed by atoms with E-state index < -0.39 is 17.4 Å². The highest BCUT2D eigenvalue weighted by molar-refractivity contribution is 5.94. The summed E-state index contributed by atoms with van der Waals surface area (Å²) in [6.45, 7) is 3.11. The number of pyridine rings is 1. The molecule has 2 saturated heterocycles. The van der Waals surface area contributed by atoms with E-state index >= 15 is 0 Å². The first-order chi connectivity index (χ1) is 12.3. The van der Waals surface area contributed by atoms with Crippen LogP contribution in [0, 0.1) is 5.92 Å². The number of carbonyl (C=O) groups excluding carboxylic acids is 2. The number of aryl methyl sites for hydroxylation is 1. The number of carbonyl (C=O) groups is 3. The van der Waals surface area contributed by atoms with Gasteiger partial charge in [0.2, 0.25) is 5.91 Å². The van der Waals surface area contributed by atoms with Gasteiger partial charge in [-0.1, -0.05) is 0 Å². The lowest BCUT2D eigenvalue weighted by molar-refractivity contribution is -0.145. The maximum atomic E-state index is 12.7. The van der Waals surface area contributed by atoms with E-state index in [9.17, 15) is 24.3 Å². The summed E-state index contributed by atoms with van der Waals surface area (Å²) in [7, 11) is 1.65. The number of hydrogen-bond donors (Lipinski definition) is 1. The number of amides is 2. The van der Waals surface area contributed by atoms with Gasteiger partial charge in [0.25, 0.3) is 11.5 Å². The SMILES string of the molecule is CCn1ccc(C(=O)N2CCC3(CC2)C(C(=O)O)CC(=O)N3C)cc1=O. The molecule has 8 nitrogen and oxygen atoms in total. The van der Waals surface area contributed by atoms with E-state index in [1.807, 2.05) is 6.92 Å². The molecule has 1 atom stereocenters. The molecular formula is C18H23N3O5. The molecule has 3 rings (SSSR count). The first-order valence-corrected chi connectivity index (χ1v) is 8.79. The molecule has 2 fully saturated rings. The zero-order chi connectivity index (χ0) is 19.1. The van der Waals surface area contributed by atoms with Crippen LogP contribution in [-0.2, 0) is 16.1 Å². The van der Waals surface area contributed by atoms with Crippen LogP contribution < -0.4 is 5.56 Å². The minimum absolute atomic E-state index is 0.00895. The van der Waals surface area contributed by atoms with E-state index in [1.54, 1.807) is 29.1 Å². The molecule has 1 unspecified atom stereocenters. The number of carboxylic acids is 1. The van der Waals surface area contributed by atoms with Crippen LogP contribution in [-0.4, -0.2) is 62.9 Å². The number of aromatic nitrogens is 1. The highest BCUT2D eigenvalue weighted by Gasteiger charge is 2.55. The molecule has 0 aromatic carbocycles. The Balaban J connectivity index is 1.76.